The first-order valence-electron chi connectivity index (χ1n) is 7.28. The molecule has 25 heavy (non-hydrogen) atoms. The Balaban J connectivity index is 1.81. The van der Waals surface area contributed by atoms with Crippen molar-refractivity contribution < 1.29 is 29.6 Å². The zero-order valence-electron chi connectivity index (χ0n) is 12.6. The third-order valence-corrected chi connectivity index (χ3v) is 3.98. The maximum atomic E-state index is 12.4. The average molecular weight is 337 g/mol. The molecule has 0 fully saturated rings. The smallest absolute Gasteiger partial charge is 0.335 e. The molecule has 0 atom stereocenters. The van der Waals surface area contributed by atoms with Crippen LogP contribution in [0.4, 0.5) is 0 Å². The van der Waals surface area contributed by atoms with Crippen LogP contribution >= 0.6 is 0 Å². The minimum atomic E-state index is -1.05. The number of H-pyrrole nitrogens is 1. The predicted molar refractivity (Wildman–Crippen MR) is 88.0 cm³/mol. The molecular formula is C18H11NO6. The molecule has 0 unspecified atom stereocenters. The fourth-order valence-electron chi connectivity index (χ4n) is 2.81. The second-order valence-corrected chi connectivity index (χ2v) is 5.59. The van der Waals surface area contributed by atoms with E-state index in [1.165, 1.54) is 24.3 Å². The summed E-state index contributed by atoms with van der Waals surface area (Å²) in [6.07, 6.45) is 3.09. The number of aromatic carboxylic acids is 1. The maximum absolute atomic E-state index is 12.4. The van der Waals surface area contributed by atoms with E-state index in [0.717, 1.165) is 6.07 Å². The van der Waals surface area contributed by atoms with Crippen LogP contribution in [-0.4, -0.2) is 32.1 Å². The van der Waals surface area contributed by atoms with E-state index in [1.807, 2.05) is 0 Å². The molecule has 0 aliphatic carbocycles. The number of hydrogen-bond donors (Lipinski definition) is 4. The van der Waals surface area contributed by atoms with E-state index in [4.69, 9.17) is 9.84 Å². The number of carboxylic acids is 1. The van der Waals surface area contributed by atoms with E-state index in [2.05, 4.69) is 4.98 Å². The Morgan fingerprint density at radius 2 is 1.96 bits per heavy atom. The average Bonchev–Trinajstić information content (AvgIpc) is 3.09. The highest BCUT2D eigenvalue weighted by atomic mass is 16.5. The van der Waals surface area contributed by atoms with Crippen molar-refractivity contribution in [3.8, 4) is 17.2 Å². The van der Waals surface area contributed by atoms with Gasteiger partial charge in [-0.25, -0.2) is 4.79 Å². The molecule has 7 nitrogen and oxygen atoms in total. The number of nitrogens with one attached hydrogen (secondary N) is 1. The second kappa shape index (κ2) is 5.13. The summed E-state index contributed by atoms with van der Waals surface area (Å²) in [6, 6.07) is 6.92. The van der Waals surface area contributed by atoms with Crippen molar-refractivity contribution in [1.82, 2.24) is 4.98 Å². The number of aromatic amines is 1. The third kappa shape index (κ3) is 2.29. The van der Waals surface area contributed by atoms with Crippen molar-refractivity contribution >= 4 is 28.7 Å². The van der Waals surface area contributed by atoms with Gasteiger partial charge in [0.2, 0.25) is 5.78 Å². The lowest BCUT2D eigenvalue weighted by atomic mass is 10.1. The minimum absolute atomic E-state index is 0.0184. The van der Waals surface area contributed by atoms with Crippen molar-refractivity contribution in [1.29, 1.82) is 0 Å². The molecule has 1 aliphatic heterocycles. The first-order valence-corrected chi connectivity index (χ1v) is 7.28. The molecule has 0 saturated heterocycles. The number of ether oxygens (including phenoxy) is 1. The van der Waals surface area contributed by atoms with Crippen LogP contribution in [0, 0.1) is 0 Å². The Bertz CT molecular complexity index is 1090. The van der Waals surface area contributed by atoms with Crippen LogP contribution in [-0.2, 0) is 0 Å². The Hall–Kier alpha value is -3.74. The predicted octanol–water partition coefficient (Wildman–Crippen LogP) is 2.89. The molecule has 0 saturated carbocycles. The highest BCUT2D eigenvalue weighted by Crippen LogP contribution is 2.40. The van der Waals surface area contributed by atoms with Gasteiger partial charge in [0.1, 0.15) is 22.8 Å². The number of phenols is 2. The molecule has 1 aromatic heterocycles. The maximum Gasteiger partial charge on any atom is 0.335 e. The Morgan fingerprint density at radius 3 is 2.72 bits per heavy atom. The SMILES string of the molecule is O=C(O)c1ccc2[nH]cc(C=C3Oc4cc(O)cc(O)c4C3=O)c2c1. The van der Waals surface area contributed by atoms with Gasteiger partial charge in [-0.1, -0.05) is 0 Å². The van der Waals surface area contributed by atoms with E-state index in [0.29, 0.717) is 16.5 Å². The minimum Gasteiger partial charge on any atom is -0.508 e. The molecule has 7 heteroatoms. The first kappa shape index (κ1) is 14.8. The largest absolute Gasteiger partial charge is 0.508 e. The van der Waals surface area contributed by atoms with Gasteiger partial charge in [0, 0.05) is 34.8 Å². The summed E-state index contributed by atoms with van der Waals surface area (Å²) < 4.78 is 5.44. The fraction of sp³-hybridized carbons (Fsp3) is 0. The molecule has 2 aromatic carbocycles. The fourth-order valence-corrected chi connectivity index (χ4v) is 2.81. The lowest BCUT2D eigenvalue weighted by molar-refractivity contribution is 0.0697. The van der Waals surface area contributed by atoms with Crippen molar-refractivity contribution in [3.05, 3.63) is 59.0 Å². The summed E-state index contributed by atoms with van der Waals surface area (Å²) in [5.74, 6) is -2.12. The van der Waals surface area contributed by atoms with E-state index in [9.17, 15) is 19.8 Å². The molecule has 0 radical (unpaired) electrons. The Kier molecular flexibility index (Phi) is 3.04. The van der Waals surface area contributed by atoms with Gasteiger partial charge in [0.15, 0.2) is 5.76 Å². The van der Waals surface area contributed by atoms with Crippen LogP contribution in [0.3, 0.4) is 0 Å². The van der Waals surface area contributed by atoms with Gasteiger partial charge in [-0.05, 0) is 24.3 Å². The quantitative estimate of drug-likeness (QED) is 0.534. The van der Waals surface area contributed by atoms with Gasteiger partial charge in [0.05, 0.1) is 5.56 Å². The molecule has 0 spiro atoms. The number of ketones is 1. The third-order valence-electron chi connectivity index (χ3n) is 3.98. The monoisotopic (exact) mass is 337 g/mol. The topological polar surface area (TPSA) is 120 Å². The number of aromatic nitrogens is 1. The van der Waals surface area contributed by atoms with Gasteiger partial charge < -0.3 is 25.0 Å². The number of hydrogen-bond acceptors (Lipinski definition) is 5. The number of carbonyl (C=O) groups is 2. The summed E-state index contributed by atoms with van der Waals surface area (Å²) in [6.45, 7) is 0. The Labute approximate surface area is 140 Å². The van der Waals surface area contributed by atoms with Gasteiger partial charge in [0.25, 0.3) is 0 Å². The first-order chi connectivity index (χ1) is 11.9. The summed E-state index contributed by atoms with van der Waals surface area (Å²) in [7, 11) is 0. The summed E-state index contributed by atoms with van der Waals surface area (Å²) in [4.78, 5) is 26.6. The number of aromatic hydroxyl groups is 2. The molecular weight excluding hydrogens is 326 g/mol. The van der Waals surface area contributed by atoms with Gasteiger partial charge in [-0.2, -0.15) is 0 Å². The number of rotatable bonds is 2. The van der Waals surface area contributed by atoms with Crippen LogP contribution in [0.2, 0.25) is 0 Å². The number of benzene rings is 2. The molecule has 3 aromatic rings. The zero-order chi connectivity index (χ0) is 17.7. The van der Waals surface area contributed by atoms with Gasteiger partial charge in [-0.15, -0.1) is 0 Å². The Morgan fingerprint density at radius 1 is 1.16 bits per heavy atom. The lowest BCUT2D eigenvalue weighted by Gasteiger charge is -2.00. The number of fused-ring (bicyclic) bond motifs is 2. The number of carbonyl (C=O) groups excluding carboxylic acids is 1. The molecule has 4 N–H and O–H groups in total. The number of carboxylic acid groups (broad SMARTS) is 1. The van der Waals surface area contributed by atoms with Crippen LogP contribution < -0.4 is 4.74 Å². The van der Waals surface area contributed by atoms with Crippen LogP contribution in [0.5, 0.6) is 17.2 Å². The van der Waals surface area contributed by atoms with Gasteiger partial charge >= 0.3 is 5.97 Å². The van der Waals surface area contributed by atoms with Crippen LogP contribution in [0.1, 0.15) is 26.3 Å². The summed E-state index contributed by atoms with van der Waals surface area (Å²) >= 11 is 0. The molecule has 2 heterocycles. The summed E-state index contributed by atoms with van der Waals surface area (Å²) in [5.41, 5.74) is 1.38. The highest BCUT2D eigenvalue weighted by molar-refractivity contribution is 6.16. The van der Waals surface area contributed by atoms with E-state index in [-0.39, 0.29) is 34.1 Å². The van der Waals surface area contributed by atoms with Crippen molar-refractivity contribution in [2.24, 2.45) is 0 Å². The molecule has 0 amide bonds. The highest BCUT2D eigenvalue weighted by Gasteiger charge is 2.31. The standard InChI is InChI=1S/C18H11NO6/c20-10-5-13(21)16-14(6-10)25-15(17(16)22)4-9-7-19-12-2-1-8(18(23)24)3-11(9)12/h1-7,19-21H,(H,23,24). The number of phenolic OH excluding ortho intramolecular Hbond substituents is 2. The van der Waals surface area contributed by atoms with Crippen molar-refractivity contribution in [2.75, 3.05) is 0 Å². The van der Waals surface area contributed by atoms with Crippen LogP contribution in [0.15, 0.2) is 42.3 Å². The molecule has 4 rings (SSSR count). The zero-order valence-corrected chi connectivity index (χ0v) is 12.6. The van der Waals surface area contributed by atoms with Crippen molar-refractivity contribution in [3.63, 3.8) is 0 Å². The normalized spacial score (nSPS) is 14.7. The number of allylic oxidation sites excluding steroid dienone is 1. The molecule has 1 aliphatic rings. The van der Waals surface area contributed by atoms with E-state index >= 15 is 0 Å². The van der Waals surface area contributed by atoms with E-state index in [1.54, 1.807) is 12.3 Å². The van der Waals surface area contributed by atoms with Gasteiger partial charge in [-0.3, -0.25) is 4.79 Å². The number of Topliss-reactive ketones (excluding diaryl/α,β-unsaturated/α-hetero) is 1. The molecule has 0 bridgehead atoms. The summed E-state index contributed by atoms with van der Waals surface area (Å²) in [5, 5.41) is 29.1. The second-order valence-electron chi connectivity index (χ2n) is 5.59. The van der Waals surface area contributed by atoms with Crippen LogP contribution in [0.25, 0.3) is 17.0 Å². The molecule has 124 valence electrons. The van der Waals surface area contributed by atoms with Crippen molar-refractivity contribution in [2.45, 2.75) is 0 Å². The lowest BCUT2D eigenvalue weighted by Crippen LogP contribution is -1.98. The van der Waals surface area contributed by atoms with E-state index < -0.39 is 11.8 Å².